The second-order valence-corrected chi connectivity index (χ2v) is 6.89. The van der Waals surface area contributed by atoms with Crippen LogP contribution in [0.25, 0.3) is 0 Å². The zero-order valence-corrected chi connectivity index (χ0v) is 17.4. The zero-order valence-electron chi connectivity index (χ0n) is 17.4. The second-order valence-electron chi connectivity index (χ2n) is 6.89. The number of rotatable bonds is 9. The highest BCUT2D eigenvalue weighted by Crippen LogP contribution is 2.18. The standard InChI is InChI=1S/C22H33N5O/c1-5-23-21(26-17-22(4,28)19-11-9-8-10-12-19)25-16-18-13-14-20(24-15-18)27(6-2)7-3/h8-15,28H,5-7,16-17H2,1-4H3,(H2,23,25,26). The Kier molecular flexibility index (Phi) is 8.26. The lowest BCUT2D eigenvalue weighted by Gasteiger charge is -2.25. The highest BCUT2D eigenvalue weighted by molar-refractivity contribution is 5.79. The molecule has 1 unspecified atom stereocenters. The Balaban J connectivity index is 2.00. The molecular weight excluding hydrogens is 350 g/mol. The van der Waals surface area contributed by atoms with Crippen molar-refractivity contribution in [2.75, 3.05) is 31.1 Å². The number of anilines is 1. The average molecular weight is 384 g/mol. The molecule has 0 aliphatic carbocycles. The molecule has 6 nitrogen and oxygen atoms in total. The van der Waals surface area contributed by atoms with Crippen molar-refractivity contribution in [3.05, 3.63) is 59.8 Å². The lowest BCUT2D eigenvalue weighted by molar-refractivity contribution is 0.0617. The van der Waals surface area contributed by atoms with Crippen molar-refractivity contribution >= 4 is 11.8 Å². The fourth-order valence-electron chi connectivity index (χ4n) is 2.91. The van der Waals surface area contributed by atoms with E-state index in [1.54, 1.807) is 6.92 Å². The van der Waals surface area contributed by atoms with Crippen molar-refractivity contribution in [1.82, 2.24) is 15.6 Å². The van der Waals surface area contributed by atoms with Gasteiger partial charge in [-0.1, -0.05) is 36.4 Å². The first-order valence-electron chi connectivity index (χ1n) is 10.00. The first-order valence-corrected chi connectivity index (χ1v) is 10.00. The van der Waals surface area contributed by atoms with E-state index < -0.39 is 5.60 Å². The molecule has 1 aromatic heterocycles. The Labute approximate surface area is 168 Å². The van der Waals surface area contributed by atoms with E-state index in [1.165, 1.54) is 0 Å². The summed E-state index contributed by atoms with van der Waals surface area (Å²) in [5, 5.41) is 17.2. The van der Waals surface area contributed by atoms with Crippen LogP contribution >= 0.6 is 0 Å². The molecule has 0 bridgehead atoms. The molecule has 6 heteroatoms. The van der Waals surface area contributed by atoms with Crippen LogP contribution in [0, 0.1) is 0 Å². The summed E-state index contributed by atoms with van der Waals surface area (Å²) < 4.78 is 0. The molecule has 0 spiro atoms. The molecule has 1 atom stereocenters. The van der Waals surface area contributed by atoms with Gasteiger partial charge in [-0.05, 0) is 44.9 Å². The van der Waals surface area contributed by atoms with Crippen molar-refractivity contribution in [2.24, 2.45) is 4.99 Å². The van der Waals surface area contributed by atoms with Gasteiger partial charge in [0.05, 0.1) is 13.1 Å². The average Bonchev–Trinajstić information content (AvgIpc) is 2.72. The summed E-state index contributed by atoms with van der Waals surface area (Å²) in [6, 6.07) is 13.8. The van der Waals surface area contributed by atoms with E-state index in [1.807, 2.05) is 49.5 Å². The molecule has 1 aromatic carbocycles. The third-order valence-electron chi connectivity index (χ3n) is 4.66. The number of benzene rings is 1. The van der Waals surface area contributed by atoms with Crippen LogP contribution in [0.4, 0.5) is 5.82 Å². The number of nitrogens with zero attached hydrogens (tertiary/aromatic N) is 3. The Morgan fingerprint density at radius 1 is 1.07 bits per heavy atom. The summed E-state index contributed by atoms with van der Waals surface area (Å²) in [5.74, 6) is 1.66. The smallest absolute Gasteiger partial charge is 0.191 e. The van der Waals surface area contributed by atoms with Crippen molar-refractivity contribution in [2.45, 2.75) is 39.8 Å². The fraction of sp³-hybridized carbons (Fsp3) is 0.455. The number of guanidine groups is 1. The summed E-state index contributed by atoms with van der Waals surface area (Å²) in [4.78, 5) is 11.4. The zero-order chi connectivity index (χ0) is 20.4. The Morgan fingerprint density at radius 2 is 1.79 bits per heavy atom. The Bertz CT molecular complexity index is 724. The van der Waals surface area contributed by atoms with Gasteiger partial charge in [0.2, 0.25) is 0 Å². The second kappa shape index (κ2) is 10.7. The maximum atomic E-state index is 10.8. The predicted molar refractivity (Wildman–Crippen MR) is 117 cm³/mol. The first kappa shape index (κ1) is 21.7. The number of pyridine rings is 1. The Morgan fingerprint density at radius 3 is 2.36 bits per heavy atom. The van der Waals surface area contributed by atoms with Crippen molar-refractivity contribution in [3.63, 3.8) is 0 Å². The lowest BCUT2D eigenvalue weighted by Crippen LogP contribution is -2.44. The predicted octanol–water partition coefficient (Wildman–Crippen LogP) is 2.89. The third kappa shape index (κ3) is 6.23. The van der Waals surface area contributed by atoms with E-state index in [2.05, 4.69) is 45.4 Å². The van der Waals surface area contributed by atoms with Gasteiger partial charge in [-0.15, -0.1) is 0 Å². The molecule has 0 saturated heterocycles. The van der Waals surface area contributed by atoms with Gasteiger partial charge in [0.15, 0.2) is 5.96 Å². The van der Waals surface area contributed by atoms with Gasteiger partial charge in [-0.25, -0.2) is 9.98 Å². The third-order valence-corrected chi connectivity index (χ3v) is 4.66. The van der Waals surface area contributed by atoms with Crippen molar-refractivity contribution < 1.29 is 5.11 Å². The van der Waals surface area contributed by atoms with E-state index in [-0.39, 0.29) is 0 Å². The van der Waals surface area contributed by atoms with E-state index in [0.717, 1.165) is 36.6 Å². The molecule has 152 valence electrons. The number of aromatic nitrogens is 1. The van der Waals surface area contributed by atoms with Gasteiger partial charge in [0, 0.05) is 25.8 Å². The number of aliphatic imine (C=N–C) groups is 1. The van der Waals surface area contributed by atoms with Gasteiger partial charge in [0.25, 0.3) is 0 Å². The maximum absolute atomic E-state index is 10.8. The summed E-state index contributed by atoms with van der Waals surface area (Å²) in [6.45, 7) is 11.6. The molecule has 0 aliphatic heterocycles. The van der Waals surface area contributed by atoms with Gasteiger partial charge in [-0.2, -0.15) is 0 Å². The minimum Gasteiger partial charge on any atom is -0.384 e. The SMILES string of the molecule is CCNC(=NCc1ccc(N(CC)CC)nc1)NCC(C)(O)c1ccccc1. The summed E-state index contributed by atoms with van der Waals surface area (Å²) in [7, 11) is 0. The number of hydrogen-bond donors (Lipinski definition) is 3. The minimum absolute atomic E-state index is 0.363. The molecular formula is C22H33N5O. The van der Waals surface area contributed by atoms with Crippen LogP contribution in [-0.2, 0) is 12.1 Å². The maximum Gasteiger partial charge on any atom is 0.191 e. The van der Waals surface area contributed by atoms with Gasteiger partial charge in [0.1, 0.15) is 11.4 Å². The number of nitrogens with one attached hydrogen (secondary N) is 2. The molecule has 2 aromatic rings. The van der Waals surface area contributed by atoms with Gasteiger partial charge < -0.3 is 20.6 Å². The van der Waals surface area contributed by atoms with Crippen LogP contribution < -0.4 is 15.5 Å². The summed E-state index contributed by atoms with van der Waals surface area (Å²) >= 11 is 0. The fourth-order valence-corrected chi connectivity index (χ4v) is 2.91. The van der Waals surface area contributed by atoms with Crippen molar-refractivity contribution in [1.29, 1.82) is 0 Å². The van der Waals surface area contributed by atoms with Crippen LogP contribution in [0.3, 0.4) is 0 Å². The van der Waals surface area contributed by atoms with Crippen LogP contribution in [-0.4, -0.2) is 42.2 Å². The monoisotopic (exact) mass is 383 g/mol. The van der Waals surface area contributed by atoms with E-state index in [9.17, 15) is 5.11 Å². The number of aliphatic hydroxyl groups is 1. The molecule has 0 radical (unpaired) electrons. The largest absolute Gasteiger partial charge is 0.384 e. The number of hydrogen-bond acceptors (Lipinski definition) is 4. The molecule has 0 amide bonds. The highest BCUT2D eigenvalue weighted by Gasteiger charge is 2.22. The summed E-state index contributed by atoms with van der Waals surface area (Å²) in [5.41, 5.74) is 0.933. The van der Waals surface area contributed by atoms with Gasteiger partial charge in [-0.3, -0.25) is 0 Å². The summed E-state index contributed by atoms with van der Waals surface area (Å²) in [6.07, 6.45) is 1.88. The van der Waals surface area contributed by atoms with E-state index in [4.69, 9.17) is 0 Å². The van der Waals surface area contributed by atoms with Crippen LogP contribution in [0.2, 0.25) is 0 Å². The molecule has 0 fully saturated rings. The van der Waals surface area contributed by atoms with E-state index >= 15 is 0 Å². The molecule has 0 aliphatic rings. The molecule has 28 heavy (non-hydrogen) atoms. The van der Waals surface area contributed by atoms with Crippen LogP contribution in [0.1, 0.15) is 38.8 Å². The molecule has 1 heterocycles. The first-order chi connectivity index (χ1) is 13.5. The minimum atomic E-state index is -0.982. The molecule has 3 N–H and O–H groups in total. The highest BCUT2D eigenvalue weighted by atomic mass is 16.3. The lowest BCUT2D eigenvalue weighted by atomic mass is 9.96. The van der Waals surface area contributed by atoms with Crippen LogP contribution in [0.15, 0.2) is 53.7 Å². The topological polar surface area (TPSA) is 72.8 Å². The quantitative estimate of drug-likeness (QED) is 0.459. The van der Waals surface area contributed by atoms with Crippen LogP contribution in [0.5, 0.6) is 0 Å². The molecule has 2 rings (SSSR count). The normalized spacial score (nSPS) is 13.7. The van der Waals surface area contributed by atoms with E-state index in [0.29, 0.717) is 19.0 Å². The van der Waals surface area contributed by atoms with Crippen molar-refractivity contribution in [3.8, 4) is 0 Å². The van der Waals surface area contributed by atoms with Gasteiger partial charge >= 0.3 is 0 Å². The Hall–Kier alpha value is -2.60. The molecule has 0 saturated carbocycles.